The van der Waals surface area contributed by atoms with Gasteiger partial charge in [-0.25, -0.2) is 0 Å². The number of Topliss-reactive ketones (excluding diaryl/α,β-unsaturated/α-hetero) is 1. The normalized spacial score (nSPS) is 27.1. The number of hydrogen-bond acceptors (Lipinski definition) is 4. The Hall–Kier alpha value is -1.88. The molecule has 5 nitrogen and oxygen atoms in total. The number of carbonyl (C=O) groups excluding carboxylic acids is 2. The molecule has 2 heterocycles. The molecule has 1 aromatic rings. The highest BCUT2D eigenvalue weighted by Crippen LogP contribution is 2.36. The van der Waals surface area contributed by atoms with Gasteiger partial charge in [-0.2, -0.15) is 0 Å². The number of ether oxygens (including phenoxy) is 1. The fourth-order valence-electron chi connectivity index (χ4n) is 4.94. The smallest absolute Gasteiger partial charge is 0.226 e. The van der Waals surface area contributed by atoms with Gasteiger partial charge in [0, 0.05) is 49.1 Å². The first-order valence-electron chi connectivity index (χ1n) is 11.0. The van der Waals surface area contributed by atoms with E-state index in [9.17, 15) is 9.59 Å². The van der Waals surface area contributed by atoms with Crippen LogP contribution >= 0.6 is 0 Å². The number of nitrogens with zero attached hydrogens (tertiary/aromatic N) is 2. The van der Waals surface area contributed by atoms with Crippen LogP contribution < -0.4 is 4.74 Å². The maximum atomic E-state index is 12.5. The van der Waals surface area contributed by atoms with Crippen LogP contribution in [0, 0.1) is 11.8 Å². The molecule has 4 aliphatic rings. The minimum atomic E-state index is 0.266. The lowest BCUT2D eigenvalue weighted by molar-refractivity contribution is -0.140. The summed E-state index contributed by atoms with van der Waals surface area (Å²) in [6.45, 7) is 3.68. The lowest BCUT2D eigenvalue weighted by Gasteiger charge is -2.37. The molecule has 5 rings (SSSR count). The summed E-state index contributed by atoms with van der Waals surface area (Å²) < 4.78 is 5.87. The number of benzene rings is 1. The molecule has 2 bridgehead atoms. The predicted molar refractivity (Wildman–Crippen MR) is 106 cm³/mol. The van der Waals surface area contributed by atoms with Gasteiger partial charge in [-0.05, 0) is 62.8 Å². The molecule has 2 atom stereocenters. The predicted octanol–water partition coefficient (Wildman–Crippen LogP) is 3.13. The van der Waals surface area contributed by atoms with Crippen molar-refractivity contribution in [3.63, 3.8) is 0 Å². The maximum absolute atomic E-state index is 12.5. The molecule has 0 unspecified atom stereocenters. The van der Waals surface area contributed by atoms with Crippen LogP contribution in [0.5, 0.6) is 5.75 Å². The first-order chi connectivity index (χ1) is 13.7. The quantitative estimate of drug-likeness (QED) is 0.512. The van der Waals surface area contributed by atoms with Crippen molar-refractivity contribution in [2.75, 3.05) is 26.2 Å². The minimum absolute atomic E-state index is 0.266. The fraction of sp³-hybridized carbons (Fsp3) is 0.652. The molecular formula is C23H30N2O3. The zero-order valence-electron chi connectivity index (χ0n) is 16.5. The first-order valence-corrected chi connectivity index (χ1v) is 11.0. The van der Waals surface area contributed by atoms with Gasteiger partial charge in [-0.1, -0.05) is 6.42 Å². The van der Waals surface area contributed by atoms with Crippen molar-refractivity contribution in [1.29, 1.82) is 0 Å². The van der Waals surface area contributed by atoms with E-state index in [0.717, 1.165) is 69.5 Å². The van der Waals surface area contributed by atoms with E-state index in [1.54, 1.807) is 0 Å². The molecule has 150 valence electrons. The fourth-order valence-corrected chi connectivity index (χ4v) is 4.94. The standard InChI is InChI=1S/C23H30N2O3/c26-22(16-5-6-16)17-7-9-21(10-8-17)28-12-2-11-24-14-20-13-19(24)15-25(20)23(27)18-3-1-4-18/h7-10,16,18-20H,1-6,11-15H2/t19-,20-/m0/s1. The number of rotatable bonds is 8. The molecule has 2 aliphatic heterocycles. The maximum Gasteiger partial charge on any atom is 0.226 e. The molecule has 2 saturated carbocycles. The third-order valence-electron chi connectivity index (χ3n) is 7.04. The van der Waals surface area contributed by atoms with E-state index in [-0.39, 0.29) is 11.7 Å². The number of likely N-dealkylation sites (tertiary alicyclic amines) is 2. The van der Waals surface area contributed by atoms with Gasteiger partial charge in [0.1, 0.15) is 5.75 Å². The van der Waals surface area contributed by atoms with Crippen molar-refractivity contribution < 1.29 is 14.3 Å². The number of amides is 1. The van der Waals surface area contributed by atoms with Crippen molar-refractivity contribution in [2.45, 2.75) is 57.0 Å². The van der Waals surface area contributed by atoms with E-state index in [0.29, 0.717) is 30.5 Å². The van der Waals surface area contributed by atoms with Gasteiger partial charge in [0.2, 0.25) is 5.91 Å². The summed E-state index contributed by atoms with van der Waals surface area (Å²) in [7, 11) is 0. The summed E-state index contributed by atoms with van der Waals surface area (Å²) in [6, 6.07) is 8.60. The molecule has 0 N–H and O–H groups in total. The van der Waals surface area contributed by atoms with E-state index >= 15 is 0 Å². The van der Waals surface area contributed by atoms with Crippen molar-refractivity contribution in [2.24, 2.45) is 11.8 Å². The molecule has 2 aliphatic carbocycles. The zero-order valence-corrected chi connectivity index (χ0v) is 16.5. The van der Waals surface area contributed by atoms with Gasteiger partial charge in [0.15, 0.2) is 5.78 Å². The molecule has 5 heteroatoms. The highest BCUT2D eigenvalue weighted by Gasteiger charge is 2.46. The number of fused-ring (bicyclic) bond motifs is 2. The lowest BCUT2D eigenvalue weighted by atomic mass is 9.84. The number of carbonyl (C=O) groups is 2. The van der Waals surface area contributed by atoms with Crippen molar-refractivity contribution >= 4 is 11.7 Å². The minimum Gasteiger partial charge on any atom is -0.494 e. The van der Waals surface area contributed by atoms with Gasteiger partial charge in [-0.15, -0.1) is 0 Å². The van der Waals surface area contributed by atoms with Crippen molar-refractivity contribution in [3.05, 3.63) is 29.8 Å². The van der Waals surface area contributed by atoms with E-state index in [4.69, 9.17) is 4.74 Å². The van der Waals surface area contributed by atoms with Crippen molar-refractivity contribution in [1.82, 2.24) is 9.80 Å². The Bertz CT molecular complexity index is 739. The summed E-state index contributed by atoms with van der Waals surface area (Å²) in [5.41, 5.74) is 0.809. The van der Waals surface area contributed by atoms with Gasteiger partial charge in [-0.3, -0.25) is 14.5 Å². The van der Waals surface area contributed by atoms with Gasteiger partial charge < -0.3 is 9.64 Å². The molecule has 0 spiro atoms. The number of hydrogen-bond donors (Lipinski definition) is 0. The highest BCUT2D eigenvalue weighted by atomic mass is 16.5. The Balaban J connectivity index is 1.03. The second kappa shape index (κ2) is 7.51. The topological polar surface area (TPSA) is 49.9 Å². The summed E-state index contributed by atoms with van der Waals surface area (Å²) in [5.74, 6) is 2.13. The third kappa shape index (κ3) is 3.57. The van der Waals surface area contributed by atoms with Crippen LogP contribution in [-0.4, -0.2) is 59.8 Å². The number of ketones is 1. The van der Waals surface area contributed by atoms with E-state index in [2.05, 4.69) is 9.80 Å². The Kier molecular flexibility index (Phi) is 4.87. The summed E-state index contributed by atoms with van der Waals surface area (Å²) in [6.07, 6.45) is 7.65. The second-order valence-electron chi connectivity index (χ2n) is 9.02. The molecule has 1 amide bonds. The Morgan fingerprint density at radius 3 is 2.36 bits per heavy atom. The second-order valence-corrected chi connectivity index (χ2v) is 9.02. The van der Waals surface area contributed by atoms with E-state index < -0.39 is 0 Å². The van der Waals surface area contributed by atoms with Crippen LogP contribution in [0.2, 0.25) is 0 Å². The Morgan fingerprint density at radius 2 is 1.75 bits per heavy atom. The molecule has 1 aromatic carbocycles. The zero-order chi connectivity index (χ0) is 19.1. The Labute approximate surface area is 167 Å². The summed E-state index contributed by atoms with van der Waals surface area (Å²) in [4.78, 5) is 29.3. The monoisotopic (exact) mass is 382 g/mol. The molecule has 4 fully saturated rings. The van der Waals surface area contributed by atoms with Gasteiger partial charge in [0.25, 0.3) is 0 Å². The van der Waals surface area contributed by atoms with E-state index in [1.807, 2.05) is 24.3 Å². The molecule has 0 aromatic heterocycles. The van der Waals surface area contributed by atoms with Crippen LogP contribution in [0.25, 0.3) is 0 Å². The SMILES string of the molecule is O=C(c1ccc(OCCCN2C[C@@H]3C[C@H]2CN3C(=O)C2CCC2)cc1)C1CC1. The summed E-state index contributed by atoms with van der Waals surface area (Å²) >= 11 is 0. The average Bonchev–Trinajstić information content (AvgIpc) is 3.33. The summed E-state index contributed by atoms with van der Waals surface area (Å²) in [5, 5.41) is 0. The van der Waals surface area contributed by atoms with Crippen LogP contribution in [0.1, 0.15) is 55.3 Å². The molecule has 2 saturated heterocycles. The van der Waals surface area contributed by atoms with E-state index in [1.165, 1.54) is 6.42 Å². The molecule has 0 radical (unpaired) electrons. The van der Waals surface area contributed by atoms with Crippen LogP contribution in [-0.2, 0) is 4.79 Å². The van der Waals surface area contributed by atoms with Crippen LogP contribution in [0.3, 0.4) is 0 Å². The first kappa shape index (κ1) is 18.2. The molecule has 28 heavy (non-hydrogen) atoms. The van der Waals surface area contributed by atoms with Gasteiger partial charge >= 0.3 is 0 Å². The van der Waals surface area contributed by atoms with Gasteiger partial charge in [0.05, 0.1) is 6.61 Å². The lowest BCUT2D eigenvalue weighted by Crippen LogP contribution is -2.51. The third-order valence-corrected chi connectivity index (χ3v) is 7.04. The Morgan fingerprint density at radius 1 is 0.964 bits per heavy atom. The van der Waals surface area contributed by atoms with Crippen LogP contribution in [0.4, 0.5) is 0 Å². The number of piperazine rings is 1. The van der Waals surface area contributed by atoms with Crippen molar-refractivity contribution in [3.8, 4) is 5.75 Å². The highest BCUT2D eigenvalue weighted by molar-refractivity contribution is 5.99. The molecular weight excluding hydrogens is 352 g/mol. The van der Waals surface area contributed by atoms with Crippen LogP contribution in [0.15, 0.2) is 24.3 Å². The largest absolute Gasteiger partial charge is 0.494 e. The average molecular weight is 383 g/mol.